The van der Waals surface area contributed by atoms with Gasteiger partial charge < -0.3 is 24.3 Å². The Balaban J connectivity index is 1.06. The lowest BCUT2D eigenvalue weighted by Gasteiger charge is -2.64. The van der Waals surface area contributed by atoms with Gasteiger partial charge in [0.25, 0.3) is 0 Å². The fourth-order valence-corrected chi connectivity index (χ4v) is 9.28. The molecule has 46 heavy (non-hydrogen) atoms. The average Bonchev–Trinajstić information content (AvgIpc) is 3.75. The third-order valence-corrected chi connectivity index (χ3v) is 12.2. The molecule has 10 heteroatoms. The van der Waals surface area contributed by atoms with Gasteiger partial charge in [0, 0.05) is 25.9 Å². The van der Waals surface area contributed by atoms with Gasteiger partial charge in [-0.05, 0) is 73.8 Å². The summed E-state index contributed by atoms with van der Waals surface area (Å²) in [4.78, 5) is 44.2. The number of nitrogens with zero attached hydrogens (tertiary/aromatic N) is 2. The first-order chi connectivity index (χ1) is 22.1. The molecule has 1 N–H and O–H groups in total. The molecular weight excluding hydrogens is 581 g/mol. The number of ether oxygens (including phenoxy) is 1. The highest BCUT2D eigenvalue weighted by molar-refractivity contribution is 6.47. The summed E-state index contributed by atoms with van der Waals surface area (Å²) in [5, 5.41) is 3.30. The first-order valence-corrected chi connectivity index (χ1v) is 17.7. The first kappa shape index (κ1) is 31.7. The van der Waals surface area contributed by atoms with Crippen LogP contribution in [-0.2, 0) is 36.7 Å². The van der Waals surface area contributed by atoms with Gasteiger partial charge in [0.15, 0.2) is 0 Å². The summed E-state index contributed by atoms with van der Waals surface area (Å²) in [6.07, 6.45) is 12.7. The second kappa shape index (κ2) is 12.6. The highest BCUT2D eigenvalue weighted by Crippen LogP contribution is 2.65. The topological polar surface area (TPSA) is 97.4 Å². The van der Waals surface area contributed by atoms with Gasteiger partial charge in [-0.3, -0.25) is 14.5 Å². The first-order valence-electron chi connectivity index (χ1n) is 17.7. The second-order valence-corrected chi connectivity index (χ2v) is 15.4. The van der Waals surface area contributed by atoms with E-state index < -0.39 is 25.4 Å². The molecule has 3 amide bonds. The Labute approximate surface area is 273 Å². The number of nitrogens with one attached hydrogen (secondary N) is 1. The average molecular weight is 632 g/mol. The van der Waals surface area contributed by atoms with E-state index in [4.69, 9.17) is 14.0 Å². The fourth-order valence-electron chi connectivity index (χ4n) is 9.28. The van der Waals surface area contributed by atoms with Crippen LogP contribution in [0.4, 0.5) is 4.79 Å². The van der Waals surface area contributed by atoms with Crippen LogP contribution >= 0.6 is 0 Å². The van der Waals surface area contributed by atoms with Gasteiger partial charge in [0.1, 0.15) is 12.1 Å². The van der Waals surface area contributed by atoms with E-state index in [1.54, 1.807) is 9.80 Å². The summed E-state index contributed by atoms with van der Waals surface area (Å²) < 4.78 is 19.4. The maximum atomic E-state index is 14.1. The number of carbonyl (C=O) groups excluding carboxylic acids is 3. The van der Waals surface area contributed by atoms with Crippen LogP contribution in [0.15, 0.2) is 36.4 Å². The molecule has 1 unspecified atom stereocenters. The fraction of sp³-hybridized carbons (Fsp3) is 0.694. The molecule has 3 aliphatic carbocycles. The molecule has 7 aliphatic rings. The maximum Gasteiger partial charge on any atom is 0.481 e. The molecule has 2 bridgehead atoms. The summed E-state index contributed by atoms with van der Waals surface area (Å²) >= 11 is 0. The van der Waals surface area contributed by atoms with Crippen molar-refractivity contribution in [3.05, 3.63) is 47.5 Å². The van der Waals surface area contributed by atoms with Gasteiger partial charge in [0.2, 0.25) is 11.8 Å². The van der Waals surface area contributed by atoms with Crippen molar-refractivity contribution in [2.75, 3.05) is 6.54 Å². The minimum absolute atomic E-state index is 0.0309. The minimum atomic E-state index is -0.716. The third kappa shape index (κ3) is 5.89. The Hall–Kier alpha value is -2.85. The SMILES string of the molecule is CC1(C)[C@H]2CC3OB([C@@H]4CCCCCCC=CCCC(=O)N5C[C@H](OC(=O)N6Cc7ccccc7C6)C[C@H]5C(=O)N4)O[C@]3(C)[C@@H]1C2. The zero-order valence-corrected chi connectivity index (χ0v) is 27.7. The molecule has 4 aliphatic heterocycles. The number of hydrogen-bond acceptors (Lipinski definition) is 6. The molecule has 7 atom stereocenters. The lowest BCUT2D eigenvalue weighted by Crippen LogP contribution is -2.65. The quantitative estimate of drug-likeness (QED) is 0.340. The zero-order valence-electron chi connectivity index (χ0n) is 27.7. The van der Waals surface area contributed by atoms with Crippen LogP contribution in [0.2, 0.25) is 0 Å². The molecule has 0 aromatic heterocycles. The second-order valence-electron chi connectivity index (χ2n) is 15.4. The molecule has 1 aromatic carbocycles. The van der Waals surface area contributed by atoms with Crippen LogP contribution in [0.5, 0.6) is 0 Å². The van der Waals surface area contributed by atoms with Gasteiger partial charge in [-0.1, -0.05) is 69.5 Å². The van der Waals surface area contributed by atoms with Crippen molar-refractivity contribution in [2.45, 2.75) is 134 Å². The van der Waals surface area contributed by atoms with Crippen LogP contribution in [0.25, 0.3) is 0 Å². The molecule has 4 heterocycles. The van der Waals surface area contributed by atoms with Gasteiger partial charge in [-0.2, -0.15) is 0 Å². The van der Waals surface area contributed by atoms with E-state index in [1.807, 2.05) is 24.3 Å². The summed E-state index contributed by atoms with van der Waals surface area (Å²) in [6, 6.07) is 7.29. The monoisotopic (exact) mass is 631 g/mol. The van der Waals surface area contributed by atoms with Crippen LogP contribution in [-0.4, -0.2) is 71.2 Å². The normalized spacial score (nSPS) is 36.0. The Kier molecular flexibility index (Phi) is 8.72. The summed E-state index contributed by atoms with van der Waals surface area (Å²) in [7, 11) is -0.521. The Morgan fingerprint density at radius 1 is 0.978 bits per heavy atom. The number of amides is 3. The Morgan fingerprint density at radius 3 is 2.48 bits per heavy atom. The largest absolute Gasteiger partial charge is 0.481 e. The molecule has 248 valence electrons. The number of fused-ring (bicyclic) bond motifs is 2. The molecule has 2 saturated heterocycles. The number of benzene rings is 1. The molecule has 0 radical (unpaired) electrons. The van der Waals surface area contributed by atoms with Crippen molar-refractivity contribution in [3.63, 3.8) is 0 Å². The molecular formula is C36H50BN3O6. The van der Waals surface area contributed by atoms with E-state index >= 15 is 0 Å². The molecule has 8 rings (SSSR count). The smallest absolute Gasteiger partial charge is 0.444 e. The van der Waals surface area contributed by atoms with Crippen molar-refractivity contribution < 1.29 is 28.4 Å². The van der Waals surface area contributed by atoms with E-state index in [9.17, 15) is 14.4 Å². The molecule has 1 aromatic rings. The van der Waals surface area contributed by atoms with E-state index in [2.05, 4.69) is 38.2 Å². The minimum Gasteiger partial charge on any atom is -0.444 e. The molecule has 3 saturated carbocycles. The van der Waals surface area contributed by atoms with E-state index in [1.165, 1.54) is 6.42 Å². The van der Waals surface area contributed by atoms with Crippen LogP contribution in [0.3, 0.4) is 0 Å². The highest BCUT2D eigenvalue weighted by atomic mass is 16.7. The van der Waals surface area contributed by atoms with Crippen LogP contribution in [0, 0.1) is 17.3 Å². The van der Waals surface area contributed by atoms with Gasteiger partial charge >= 0.3 is 13.2 Å². The third-order valence-electron chi connectivity index (χ3n) is 12.2. The Morgan fingerprint density at radius 2 is 1.72 bits per heavy atom. The molecule has 0 spiro atoms. The highest BCUT2D eigenvalue weighted by Gasteiger charge is 2.68. The standard InChI is InChI=1S/C36H50BN3O6/c1-35(2)26-18-29(35)36(3)30(19-26)45-37(46-36)31-16-10-8-6-4-5-7-9-11-17-32(41)40-23-27(20-28(40)33(42)38-31)44-34(43)39-21-24-14-12-13-15-25(24)22-39/h7,9,12-15,26-31H,4-6,8,10-11,16-23H2,1-3H3,(H,38,42)/t26-,27-,28+,29-,30?,31+,36-/m1/s1. The van der Waals surface area contributed by atoms with Crippen molar-refractivity contribution in [1.29, 1.82) is 0 Å². The predicted molar refractivity (Wildman–Crippen MR) is 174 cm³/mol. The zero-order chi connectivity index (χ0) is 32.1. The maximum absolute atomic E-state index is 14.1. The Bertz CT molecular complexity index is 1340. The van der Waals surface area contributed by atoms with Crippen molar-refractivity contribution in [1.82, 2.24) is 15.1 Å². The summed E-state index contributed by atoms with van der Waals surface area (Å²) in [5.74, 6) is 0.459. The molecule has 9 nitrogen and oxygen atoms in total. The number of carbonyl (C=O) groups is 3. The molecule has 5 fully saturated rings. The van der Waals surface area contributed by atoms with Crippen molar-refractivity contribution >= 4 is 25.0 Å². The van der Waals surface area contributed by atoms with Crippen LogP contribution < -0.4 is 5.32 Å². The van der Waals surface area contributed by atoms with Gasteiger partial charge in [-0.25, -0.2) is 4.79 Å². The summed E-state index contributed by atoms with van der Waals surface area (Å²) in [6.45, 7) is 8.13. The lowest BCUT2D eigenvalue weighted by atomic mass is 9.43. The lowest BCUT2D eigenvalue weighted by molar-refractivity contribution is -0.199. The number of allylic oxidation sites excluding steroid dienone is 2. The summed E-state index contributed by atoms with van der Waals surface area (Å²) in [5.41, 5.74) is 2.11. The predicted octanol–water partition coefficient (Wildman–Crippen LogP) is 5.55. The van der Waals surface area contributed by atoms with E-state index in [0.29, 0.717) is 37.8 Å². The van der Waals surface area contributed by atoms with Gasteiger partial charge in [0.05, 0.1) is 24.2 Å². The van der Waals surface area contributed by atoms with Gasteiger partial charge in [-0.15, -0.1) is 0 Å². The van der Waals surface area contributed by atoms with Crippen molar-refractivity contribution in [3.8, 4) is 0 Å². The van der Waals surface area contributed by atoms with E-state index in [-0.39, 0.29) is 47.8 Å². The van der Waals surface area contributed by atoms with E-state index in [0.717, 1.165) is 56.1 Å². The van der Waals surface area contributed by atoms with Crippen LogP contribution in [0.1, 0.15) is 103 Å². The van der Waals surface area contributed by atoms with Crippen molar-refractivity contribution in [2.24, 2.45) is 17.3 Å². The number of hydrogen-bond donors (Lipinski definition) is 1. The number of rotatable bonds is 2.